The lowest BCUT2D eigenvalue weighted by molar-refractivity contribution is -0.0985. The zero-order valence-corrected chi connectivity index (χ0v) is 27.6. The van der Waals surface area contributed by atoms with Crippen molar-refractivity contribution >= 4 is 23.5 Å². The SMILES string of the molecule is Cn1ccc(-c2ccc(N(C=C3CCC(Nc4ncc(C#N)c(N5CCC6(COC6)C5)n4)CC3)C(=O)NCc3ccccc3)cc2)cc1=O. The second-order valence-electron chi connectivity index (χ2n) is 13.3. The highest BCUT2D eigenvalue weighted by molar-refractivity contribution is 5.94. The number of hydrogen-bond donors (Lipinski definition) is 2. The summed E-state index contributed by atoms with van der Waals surface area (Å²) in [6.07, 6.45) is 9.72. The Kier molecular flexibility index (Phi) is 9.13. The number of carbonyl (C=O) groups is 1. The van der Waals surface area contributed by atoms with Gasteiger partial charge >= 0.3 is 6.03 Å². The van der Waals surface area contributed by atoms with Crippen molar-refractivity contribution in [3.63, 3.8) is 0 Å². The van der Waals surface area contributed by atoms with Crippen LogP contribution in [-0.2, 0) is 18.3 Å². The van der Waals surface area contributed by atoms with Crippen LogP contribution in [0, 0.1) is 16.7 Å². The van der Waals surface area contributed by atoms with Crippen LogP contribution in [0.25, 0.3) is 11.1 Å². The summed E-state index contributed by atoms with van der Waals surface area (Å²) in [4.78, 5) is 39.0. The summed E-state index contributed by atoms with van der Waals surface area (Å²) in [7, 11) is 1.73. The van der Waals surface area contributed by atoms with E-state index in [1.54, 1.807) is 30.4 Å². The Morgan fingerprint density at radius 2 is 1.88 bits per heavy atom. The van der Waals surface area contributed by atoms with Crippen molar-refractivity contribution in [3.05, 3.63) is 112 Å². The zero-order valence-electron chi connectivity index (χ0n) is 27.6. The second kappa shape index (κ2) is 13.9. The summed E-state index contributed by atoms with van der Waals surface area (Å²) in [6.45, 7) is 3.66. The summed E-state index contributed by atoms with van der Waals surface area (Å²) < 4.78 is 7.02. The predicted molar refractivity (Wildman–Crippen MR) is 189 cm³/mol. The molecule has 2 saturated heterocycles. The van der Waals surface area contributed by atoms with Crippen LogP contribution in [0.3, 0.4) is 0 Å². The van der Waals surface area contributed by atoms with Gasteiger partial charge in [0.25, 0.3) is 5.56 Å². The van der Waals surface area contributed by atoms with Gasteiger partial charge in [-0.25, -0.2) is 9.78 Å². The molecule has 1 aliphatic carbocycles. The molecular weight excluding hydrogens is 616 g/mol. The Hall–Kier alpha value is -5.47. The number of carbonyl (C=O) groups excluding carboxylic acids is 1. The van der Waals surface area contributed by atoms with E-state index in [0.29, 0.717) is 23.9 Å². The number of allylic oxidation sites excluding steroid dienone is 1. The third-order valence-electron chi connectivity index (χ3n) is 9.80. The lowest BCUT2D eigenvalue weighted by Gasteiger charge is -2.37. The molecule has 0 unspecified atom stereocenters. The standard InChI is InChI=1S/C38H40N8O3/c1-44-17-15-30(19-34(44)47)29-9-13-33(14-10-29)46(37(48)41-21-27-5-3-2-4-6-27)23-28-7-11-32(12-8-28)42-36-40-22-31(20-39)35(43-36)45-18-16-38(24-45)25-49-26-38/h2-6,9-10,13-15,17,19,22-23,32H,7-8,11-12,16,18,21,24-26H2,1H3,(H,41,48)(H,40,42,43). The molecule has 0 radical (unpaired) electrons. The van der Waals surface area contributed by atoms with Crippen LogP contribution >= 0.6 is 0 Å². The average molecular weight is 657 g/mol. The monoisotopic (exact) mass is 656 g/mol. The highest BCUT2D eigenvalue weighted by Crippen LogP contribution is 2.40. The first-order valence-electron chi connectivity index (χ1n) is 16.8. The fourth-order valence-corrected chi connectivity index (χ4v) is 6.78. The van der Waals surface area contributed by atoms with E-state index in [1.165, 1.54) is 10.1 Å². The Morgan fingerprint density at radius 1 is 1.10 bits per heavy atom. The van der Waals surface area contributed by atoms with E-state index in [1.807, 2.05) is 66.9 Å². The van der Waals surface area contributed by atoms with Crippen molar-refractivity contribution in [2.75, 3.05) is 41.4 Å². The molecule has 4 heterocycles. The van der Waals surface area contributed by atoms with Crippen LogP contribution in [-0.4, -0.2) is 52.9 Å². The maximum absolute atomic E-state index is 13.7. The second-order valence-corrected chi connectivity index (χ2v) is 13.3. The number of ether oxygens (including phenoxy) is 1. The molecule has 0 atom stereocenters. The van der Waals surface area contributed by atoms with Crippen LogP contribution < -0.4 is 26.0 Å². The molecule has 11 nitrogen and oxygen atoms in total. The normalized spacial score (nSPS) is 18.0. The number of pyridine rings is 1. The van der Waals surface area contributed by atoms with Gasteiger partial charge < -0.3 is 24.8 Å². The summed E-state index contributed by atoms with van der Waals surface area (Å²) in [6, 6.07) is 23.3. The van der Waals surface area contributed by atoms with Crippen LogP contribution in [0.1, 0.15) is 43.2 Å². The lowest BCUT2D eigenvalue weighted by atomic mass is 9.85. The van der Waals surface area contributed by atoms with Crippen molar-refractivity contribution in [1.29, 1.82) is 5.26 Å². The van der Waals surface area contributed by atoms with Crippen molar-refractivity contribution in [3.8, 4) is 17.2 Å². The first-order chi connectivity index (χ1) is 23.9. The van der Waals surface area contributed by atoms with Gasteiger partial charge in [0.2, 0.25) is 5.95 Å². The van der Waals surface area contributed by atoms with E-state index in [9.17, 15) is 14.9 Å². The minimum absolute atomic E-state index is 0.0755. The van der Waals surface area contributed by atoms with Crippen LogP contribution in [0.2, 0.25) is 0 Å². The molecule has 2 aromatic carbocycles. The summed E-state index contributed by atoms with van der Waals surface area (Å²) >= 11 is 0. The predicted octanol–water partition coefficient (Wildman–Crippen LogP) is 5.60. The van der Waals surface area contributed by atoms with Crippen LogP contribution in [0.15, 0.2) is 95.7 Å². The first-order valence-corrected chi connectivity index (χ1v) is 16.8. The number of aromatic nitrogens is 3. The number of benzene rings is 2. The van der Waals surface area contributed by atoms with Gasteiger partial charge in [-0.3, -0.25) is 9.69 Å². The van der Waals surface area contributed by atoms with E-state index in [2.05, 4.69) is 26.6 Å². The smallest absolute Gasteiger partial charge is 0.326 e. The fourth-order valence-electron chi connectivity index (χ4n) is 6.78. The molecule has 250 valence electrons. The van der Waals surface area contributed by atoms with Crippen molar-refractivity contribution in [1.82, 2.24) is 19.9 Å². The molecule has 2 N–H and O–H groups in total. The maximum atomic E-state index is 13.7. The summed E-state index contributed by atoms with van der Waals surface area (Å²) in [5, 5.41) is 16.3. The van der Waals surface area contributed by atoms with Gasteiger partial charge in [0.05, 0.1) is 25.1 Å². The molecule has 0 bridgehead atoms. The van der Waals surface area contributed by atoms with E-state index in [0.717, 1.165) is 80.8 Å². The minimum atomic E-state index is -0.214. The van der Waals surface area contributed by atoms with E-state index in [4.69, 9.17) is 9.72 Å². The summed E-state index contributed by atoms with van der Waals surface area (Å²) in [5.74, 6) is 1.23. The van der Waals surface area contributed by atoms with Gasteiger partial charge in [-0.15, -0.1) is 0 Å². The van der Waals surface area contributed by atoms with Gasteiger partial charge in [0.15, 0.2) is 5.82 Å². The van der Waals surface area contributed by atoms with Crippen LogP contribution in [0.5, 0.6) is 0 Å². The highest BCUT2D eigenvalue weighted by Gasteiger charge is 2.45. The molecule has 1 saturated carbocycles. The third kappa shape index (κ3) is 7.20. The number of nitrogens with zero attached hydrogens (tertiary/aromatic N) is 6. The maximum Gasteiger partial charge on any atom is 0.326 e. The highest BCUT2D eigenvalue weighted by atomic mass is 16.5. The molecule has 7 rings (SSSR count). The van der Waals surface area contributed by atoms with E-state index < -0.39 is 0 Å². The number of nitrogens with one attached hydrogen (secondary N) is 2. The van der Waals surface area contributed by atoms with Gasteiger partial charge in [-0.2, -0.15) is 10.2 Å². The number of anilines is 3. The number of rotatable bonds is 8. The van der Waals surface area contributed by atoms with Crippen molar-refractivity contribution in [2.24, 2.45) is 12.5 Å². The molecule has 3 aliphatic rings. The Bertz CT molecular complexity index is 1940. The van der Waals surface area contributed by atoms with Crippen molar-refractivity contribution < 1.29 is 9.53 Å². The lowest BCUT2D eigenvalue weighted by Crippen LogP contribution is -2.44. The molecule has 2 aliphatic heterocycles. The quantitative estimate of drug-likeness (QED) is 0.251. The van der Waals surface area contributed by atoms with Gasteiger partial charge in [0.1, 0.15) is 11.6 Å². The number of amides is 2. The molecule has 1 spiro atoms. The topological polar surface area (TPSA) is 128 Å². The van der Waals surface area contributed by atoms with Gasteiger partial charge in [-0.05, 0) is 67.0 Å². The molecule has 3 fully saturated rings. The molecular formula is C38H40N8O3. The molecule has 49 heavy (non-hydrogen) atoms. The average Bonchev–Trinajstić information content (AvgIpc) is 3.59. The van der Waals surface area contributed by atoms with Crippen LogP contribution in [0.4, 0.5) is 22.2 Å². The number of hydrogen-bond acceptors (Lipinski definition) is 8. The first kappa shape index (κ1) is 32.1. The molecule has 2 aromatic heterocycles. The number of nitriles is 1. The zero-order chi connectivity index (χ0) is 33.8. The van der Waals surface area contributed by atoms with E-state index in [-0.39, 0.29) is 23.0 Å². The fraction of sp³-hybridized carbons (Fsp3) is 0.342. The largest absolute Gasteiger partial charge is 0.380 e. The molecule has 11 heteroatoms. The van der Waals surface area contributed by atoms with Gasteiger partial charge in [-0.1, -0.05) is 48.0 Å². The molecule has 2 amide bonds. The van der Waals surface area contributed by atoms with Crippen molar-refractivity contribution in [2.45, 2.75) is 44.7 Å². The summed E-state index contributed by atoms with van der Waals surface area (Å²) in [5.41, 5.74) is 5.27. The number of aryl methyl sites for hydroxylation is 1. The third-order valence-corrected chi connectivity index (χ3v) is 9.80. The number of urea groups is 1. The minimum Gasteiger partial charge on any atom is -0.380 e. The molecule has 4 aromatic rings. The Balaban J connectivity index is 1.04. The Morgan fingerprint density at radius 3 is 2.55 bits per heavy atom. The van der Waals surface area contributed by atoms with Gasteiger partial charge in [0, 0.05) is 56.6 Å². The Labute approximate surface area is 285 Å². The van der Waals surface area contributed by atoms with E-state index >= 15 is 0 Å².